The number of aryl methyl sites for hydroxylation is 1. The summed E-state index contributed by atoms with van der Waals surface area (Å²) < 4.78 is 0. The minimum Gasteiger partial charge on any atom is -0.385 e. The van der Waals surface area contributed by atoms with Crippen LogP contribution in [0.15, 0.2) is 29.4 Å². The number of rotatable bonds is 1. The van der Waals surface area contributed by atoms with E-state index >= 15 is 0 Å². The van der Waals surface area contributed by atoms with Crippen LogP contribution < -0.4 is 11.6 Å². The zero-order valence-electron chi connectivity index (χ0n) is 8.11. The molecule has 0 amide bonds. The van der Waals surface area contributed by atoms with E-state index in [2.05, 4.69) is 23.3 Å². The average Bonchev–Trinajstić information content (AvgIpc) is 2.27. The minimum atomic E-state index is 0.227. The van der Waals surface area contributed by atoms with E-state index in [1.807, 2.05) is 6.07 Å². The Balaban J connectivity index is 2.40. The topological polar surface area (TPSA) is 64.4 Å². The normalized spacial score (nSPS) is 21.7. The summed E-state index contributed by atoms with van der Waals surface area (Å²) in [6, 6.07) is 8.39. The van der Waals surface area contributed by atoms with Gasteiger partial charge in [-0.3, -0.25) is 0 Å². The van der Waals surface area contributed by atoms with Crippen molar-refractivity contribution in [3.05, 3.63) is 35.4 Å². The Morgan fingerprint density at radius 3 is 2.93 bits per heavy atom. The highest BCUT2D eigenvalue weighted by atomic mass is 15.2. The first kappa shape index (κ1) is 9.06. The summed E-state index contributed by atoms with van der Waals surface area (Å²) in [4.78, 5) is 0. The smallest absolute Gasteiger partial charge is 0.126 e. The molecule has 1 atom stereocenters. The van der Waals surface area contributed by atoms with Crippen molar-refractivity contribution >= 4 is 5.84 Å². The molecule has 74 valence electrons. The predicted octanol–water partition coefficient (Wildman–Crippen LogP) is 1.34. The molecule has 0 saturated carbocycles. The molecular formula is C11H15N3. The van der Waals surface area contributed by atoms with Crippen molar-refractivity contribution in [3.8, 4) is 0 Å². The van der Waals surface area contributed by atoms with Gasteiger partial charge < -0.3 is 11.6 Å². The Kier molecular flexibility index (Phi) is 2.39. The van der Waals surface area contributed by atoms with Crippen LogP contribution in [-0.2, 0) is 6.42 Å². The first-order valence-corrected chi connectivity index (χ1v) is 4.94. The summed E-state index contributed by atoms with van der Waals surface area (Å²) in [5, 5.41) is 3.61. The fraction of sp³-hybridized carbons (Fsp3) is 0.364. The van der Waals surface area contributed by atoms with Crippen LogP contribution in [0.3, 0.4) is 0 Å². The number of benzene rings is 1. The van der Waals surface area contributed by atoms with Crippen molar-refractivity contribution in [1.29, 1.82) is 0 Å². The van der Waals surface area contributed by atoms with E-state index in [4.69, 9.17) is 11.6 Å². The highest BCUT2D eigenvalue weighted by Gasteiger charge is 2.22. The Labute approximate surface area is 83.8 Å². The van der Waals surface area contributed by atoms with Gasteiger partial charge in [-0.2, -0.15) is 5.10 Å². The van der Waals surface area contributed by atoms with E-state index in [0.717, 1.165) is 19.3 Å². The lowest BCUT2D eigenvalue weighted by atomic mass is 9.82. The molecule has 1 aromatic rings. The maximum Gasteiger partial charge on any atom is 0.126 e. The molecule has 1 aromatic carbocycles. The zero-order chi connectivity index (χ0) is 9.97. The van der Waals surface area contributed by atoms with Gasteiger partial charge in [-0.25, -0.2) is 0 Å². The van der Waals surface area contributed by atoms with Gasteiger partial charge in [-0.15, -0.1) is 0 Å². The van der Waals surface area contributed by atoms with Crippen LogP contribution in [0.2, 0.25) is 0 Å². The van der Waals surface area contributed by atoms with Crippen molar-refractivity contribution < 1.29 is 0 Å². The van der Waals surface area contributed by atoms with Crippen molar-refractivity contribution in [2.75, 3.05) is 0 Å². The molecule has 3 nitrogen and oxygen atoms in total. The molecule has 0 saturated heterocycles. The molecule has 1 aliphatic carbocycles. The summed E-state index contributed by atoms with van der Waals surface area (Å²) in [5.74, 6) is 6.00. The Hall–Kier alpha value is -1.51. The SMILES string of the molecule is N/N=C(\N)C1CCCc2ccccc21. The number of fused-ring (bicyclic) bond motifs is 1. The lowest BCUT2D eigenvalue weighted by Crippen LogP contribution is -2.26. The Morgan fingerprint density at radius 2 is 2.14 bits per heavy atom. The fourth-order valence-electron chi connectivity index (χ4n) is 2.15. The maximum absolute atomic E-state index is 5.79. The third kappa shape index (κ3) is 1.45. The van der Waals surface area contributed by atoms with E-state index in [9.17, 15) is 0 Å². The van der Waals surface area contributed by atoms with E-state index in [1.165, 1.54) is 11.1 Å². The minimum absolute atomic E-state index is 0.227. The van der Waals surface area contributed by atoms with Crippen LogP contribution in [0.1, 0.15) is 29.9 Å². The lowest BCUT2D eigenvalue weighted by molar-refractivity contribution is 0.645. The van der Waals surface area contributed by atoms with Crippen LogP contribution in [0, 0.1) is 0 Å². The summed E-state index contributed by atoms with van der Waals surface area (Å²) in [6.07, 6.45) is 3.37. The summed E-state index contributed by atoms with van der Waals surface area (Å²) in [5.41, 5.74) is 8.47. The van der Waals surface area contributed by atoms with Gasteiger partial charge in [0.1, 0.15) is 5.84 Å². The molecule has 3 heteroatoms. The van der Waals surface area contributed by atoms with Crippen molar-refractivity contribution in [1.82, 2.24) is 0 Å². The van der Waals surface area contributed by atoms with Crippen LogP contribution in [-0.4, -0.2) is 5.84 Å². The maximum atomic E-state index is 5.79. The summed E-state index contributed by atoms with van der Waals surface area (Å²) in [6.45, 7) is 0. The molecule has 0 aromatic heterocycles. The highest BCUT2D eigenvalue weighted by Crippen LogP contribution is 2.31. The largest absolute Gasteiger partial charge is 0.385 e. The van der Waals surface area contributed by atoms with Crippen molar-refractivity contribution in [3.63, 3.8) is 0 Å². The van der Waals surface area contributed by atoms with Crippen LogP contribution >= 0.6 is 0 Å². The molecule has 1 aliphatic rings. The van der Waals surface area contributed by atoms with Gasteiger partial charge >= 0.3 is 0 Å². The number of nitrogens with zero attached hydrogens (tertiary/aromatic N) is 1. The predicted molar refractivity (Wildman–Crippen MR) is 57.9 cm³/mol. The van der Waals surface area contributed by atoms with Gasteiger partial charge in [0, 0.05) is 5.92 Å². The van der Waals surface area contributed by atoms with Gasteiger partial charge in [0.25, 0.3) is 0 Å². The first-order valence-electron chi connectivity index (χ1n) is 4.94. The molecule has 2 rings (SSSR count). The van der Waals surface area contributed by atoms with Crippen LogP contribution in [0.4, 0.5) is 0 Å². The van der Waals surface area contributed by atoms with Gasteiger partial charge in [0.2, 0.25) is 0 Å². The number of hydrogen-bond acceptors (Lipinski definition) is 2. The Morgan fingerprint density at radius 1 is 1.36 bits per heavy atom. The summed E-state index contributed by atoms with van der Waals surface area (Å²) >= 11 is 0. The fourth-order valence-corrected chi connectivity index (χ4v) is 2.15. The number of hydrazone groups is 1. The van der Waals surface area contributed by atoms with Gasteiger partial charge in [0.15, 0.2) is 0 Å². The standard InChI is InChI=1S/C11H15N3/c12-11(14-13)10-7-3-5-8-4-1-2-6-9(8)10/h1-2,4,6,10H,3,5,7,13H2,(H2,12,14). The first-order chi connectivity index (χ1) is 6.83. The van der Waals surface area contributed by atoms with E-state index in [0.29, 0.717) is 5.84 Å². The third-order valence-electron chi connectivity index (χ3n) is 2.88. The Bertz CT molecular complexity index is 357. The summed E-state index contributed by atoms with van der Waals surface area (Å²) in [7, 11) is 0. The molecule has 4 N–H and O–H groups in total. The molecule has 14 heavy (non-hydrogen) atoms. The van der Waals surface area contributed by atoms with Gasteiger partial charge in [-0.1, -0.05) is 24.3 Å². The van der Waals surface area contributed by atoms with Gasteiger partial charge in [-0.05, 0) is 30.4 Å². The molecule has 1 unspecified atom stereocenters. The van der Waals surface area contributed by atoms with E-state index in [1.54, 1.807) is 0 Å². The molecule has 0 spiro atoms. The van der Waals surface area contributed by atoms with Crippen molar-refractivity contribution in [2.45, 2.75) is 25.2 Å². The van der Waals surface area contributed by atoms with Crippen LogP contribution in [0.25, 0.3) is 0 Å². The number of nitrogens with two attached hydrogens (primary N) is 2. The molecule has 0 bridgehead atoms. The second-order valence-electron chi connectivity index (χ2n) is 3.70. The van der Waals surface area contributed by atoms with Crippen molar-refractivity contribution in [2.24, 2.45) is 16.7 Å². The quantitative estimate of drug-likeness (QED) is 0.303. The van der Waals surface area contributed by atoms with Gasteiger partial charge in [0.05, 0.1) is 0 Å². The van der Waals surface area contributed by atoms with E-state index in [-0.39, 0.29) is 5.92 Å². The number of amidine groups is 1. The molecule has 0 aliphatic heterocycles. The monoisotopic (exact) mass is 189 g/mol. The third-order valence-corrected chi connectivity index (χ3v) is 2.88. The van der Waals surface area contributed by atoms with Crippen LogP contribution in [0.5, 0.6) is 0 Å². The number of hydrogen-bond donors (Lipinski definition) is 2. The van der Waals surface area contributed by atoms with E-state index < -0.39 is 0 Å². The molecular weight excluding hydrogens is 174 g/mol. The average molecular weight is 189 g/mol. The molecule has 0 heterocycles. The highest BCUT2D eigenvalue weighted by molar-refractivity contribution is 5.87. The lowest BCUT2D eigenvalue weighted by Gasteiger charge is -2.24. The molecule has 0 radical (unpaired) electrons. The second-order valence-corrected chi connectivity index (χ2v) is 3.70. The second kappa shape index (κ2) is 3.70. The zero-order valence-corrected chi connectivity index (χ0v) is 8.11. The molecule has 0 fully saturated rings.